The van der Waals surface area contributed by atoms with Crippen LogP contribution in [-0.2, 0) is 19.1 Å². The molecule has 0 saturated heterocycles. The molecule has 0 aromatic carbocycles. The summed E-state index contributed by atoms with van der Waals surface area (Å²) in [5.74, 6) is -0.650. The molecule has 240 valence electrons. The van der Waals surface area contributed by atoms with Gasteiger partial charge >= 0.3 is 11.9 Å². The van der Waals surface area contributed by atoms with E-state index in [0.29, 0.717) is 46.9 Å². The molecule has 5 aliphatic rings. The second-order valence-electron chi connectivity index (χ2n) is 11.8. The van der Waals surface area contributed by atoms with Crippen LogP contribution in [-0.4, -0.2) is 59.1 Å². The summed E-state index contributed by atoms with van der Waals surface area (Å²) in [6, 6.07) is 0. The van der Waals surface area contributed by atoms with Gasteiger partial charge in [-0.25, -0.2) is 15.0 Å². The molecule has 0 radical (unpaired) electrons. The van der Waals surface area contributed by atoms with Gasteiger partial charge in [0, 0.05) is 24.1 Å². The van der Waals surface area contributed by atoms with Crippen LogP contribution in [0, 0.1) is 0 Å². The van der Waals surface area contributed by atoms with E-state index in [1.807, 2.05) is 39.0 Å². The molecule has 10 nitrogen and oxygen atoms in total. The van der Waals surface area contributed by atoms with E-state index < -0.39 is 5.60 Å². The molecule has 0 saturated carbocycles. The zero-order chi connectivity index (χ0) is 33.3. The average molecular weight is 625 g/mol. The van der Waals surface area contributed by atoms with E-state index >= 15 is 0 Å². The first-order chi connectivity index (χ1) is 21.9. The van der Waals surface area contributed by atoms with E-state index in [0.717, 1.165) is 63.2 Å². The van der Waals surface area contributed by atoms with E-state index in [4.69, 9.17) is 24.5 Å². The third-order valence-corrected chi connectivity index (χ3v) is 9.09. The molecular weight excluding hydrogens is 584 g/mol. The van der Waals surface area contributed by atoms with E-state index in [1.165, 1.54) is 20.3 Å². The van der Waals surface area contributed by atoms with Crippen LogP contribution >= 0.6 is 0 Å². The fraction of sp³-hybridized carbons (Fsp3) is 0.361. The van der Waals surface area contributed by atoms with Crippen molar-refractivity contribution in [3.63, 3.8) is 0 Å². The monoisotopic (exact) mass is 624 g/mol. The second kappa shape index (κ2) is 12.9. The number of carbonyl (C=O) groups is 2. The second-order valence-corrected chi connectivity index (χ2v) is 11.8. The summed E-state index contributed by atoms with van der Waals surface area (Å²) in [7, 11) is 2.74. The molecule has 0 amide bonds. The number of aliphatic hydroxyl groups excluding tert-OH is 1. The predicted octanol–water partition coefficient (Wildman–Crippen LogP) is 5.85. The lowest BCUT2D eigenvalue weighted by molar-refractivity contribution is -0.141. The van der Waals surface area contributed by atoms with E-state index in [1.54, 1.807) is 13.0 Å². The summed E-state index contributed by atoms with van der Waals surface area (Å²) in [5, 5.41) is 24.9. The van der Waals surface area contributed by atoms with Crippen LogP contribution in [0.1, 0.15) is 66.7 Å². The number of rotatable bonds is 8. The van der Waals surface area contributed by atoms with Gasteiger partial charge in [0.25, 0.3) is 0 Å². The van der Waals surface area contributed by atoms with Crippen molar-refractivity contribution in [1.29, 1.82) is 0 Å². The summed E-state index contributed by atoms with van der Waals surface area (Å²) in [4.78, 5) is 39.4. The van der Waals surface area contributed by atoms with Crippen LogP contribution in [0.25, 0.3) is 0 Å². The van der Waals surface area contributed by atoms with Gasteiger partial charge in [0.1, 0.15) is 5.60 Å². The molecule has 1 unspecified atom stereocenters. The molecular formula is C36H40N4O6. The Morgan fingerprint density at radius 3 is 1.96 bits per heavy atom. The number of allylic oxidation sites excluding steroid dienone is 10. The minimum absolute atomic E-state index is 0.160. The Labute approximate surface area is 269 Å². The van der Waals surface area contributed by atoms with Crippen LogP contribution in [0.15, 0.2) is 119 Å². The topological polar surface area (TPSA) is 142 Å². The van der Waals surface area contributed by atoms with Gasteiger partial charge in [0.2, 0.25) is 0 Å². The van der Waals surface area contributed by atoms with Crippen molar-refractivity contribution in [2.45, 2.75) is 72.3 Å². The van der Waals surface area contributed by atoms with Crippen molar-refractivity contribution in [3.8, 4) is 0 Å². The van der Waals surface area contributed by atoms with Gasteiger partial charge < -0.3 is 25.0 Å². The highest BCUT2D eigenvalue weighted by molar-refractivity contribution is 6.18. The fourth-order valence-corrected chi connectivity index (χ4v) is 6.29. The largest absolute Gasteiger partial charge is 0.516 e. The normalized spacial score (nSPS) is 22.5. The minimum Gasteiger partial charge on any atom is -0.516 e. The Hall–Kier alpha value is -4.83. The molecule has 0 spiro atoms. The molecule has 0 aromatic rings. The van der Waals surface area contributed by atoms with Gasteiger partial charge in [0.15, 0.2) is 0 Å². The number of methoxy groups -OCH3 is 2. The summed E-state index contributed by atoms with van der Waals surface area (Å²) >= 11 is 0. The molecule has 0 fully saturated rings. The number of aliphatic hydroxyl groups is 2. The lowest BCUT2D eigenvalue weighted by Crippen LogP contribution is -2.29. The summed E-state index contributed by atoms with van der Waals surface area (Å²) in [5.41, 5.74) is 9.86. The van der Waals surface area contributed by atoms with E-state index in [2.05, 4.69) is 12.2 Å². The van der Waals surface area contributed by atoms with E-state index in [9.17, 15) is 19.8 Å². The zero-order valence-electron chi connectivity index (χ0n) is 27.4. The van der Waals surface area contributed by atoms with Crippen molar-refractivity contribution < 1.29 is 29.3 Å². The standard InChI is InChI=1S/C36H40N4O6/c1-8-22-19(2)27-16-32-25(13-14-41)36(5,44)33(40-32)18-28-21(4)24(10-12-35(43)46-7)31(39-28)17-30-23(9-11-34(42)45-6)20(3)26(38-30)15-29(22)37-27/h13-18,40-41,44H,8-12H2,1-7H3/b14-13+,26-15?,27-16?,31-17?,33-18?. The van der Waals surface area contributed by atoms with Crippen LogP contribution in [0.4, 0.5) is 0 Å². The van der Waals surface area contributed by atoms with Crippen molar-refractivity contribution in [1.82, 2.24) is 5.32 Å². The van der Waals surface area contributed by atoms with Gasteiger partial charge in [-0.2, -0.15) is 0 Å². The molecule has 5 heterocycles. The van der Waals surface area contributed by atoms with Gasteiger partial charge in [0.05, 0.1) is 60.4 Å². The van der Waals surface area contributed by atoms with Crippen molar-refractivity contribution in [2.24, 2.45) is 15.0 Å². The Morgan fingerprint density at radius 2 is 1.35 bits per heavy atom. The van der Waals surface area contributed by atoms with Crippen LogP contribution in [0.2, 0.25) is 0 Å². The first-order valence-corrected chi connectivity index (χ1v) is 15.4. The maximum absolute atomic E-state index is 12.2. The Kier molecular flexibility index (Phi) is 9.12. The Balaban J connectivity index is 1.77. The Morgan fingerprint density at radius 1 is 0.804 bits per heavy atom. The minimum atomic E-state index is -1.48. The summed E-state index contributed by atoms with van der Waals surface area (Å²) in [6.45, 7) is 9.69. The number of carbonyl (C=O) groups excluding carboxylic acids is 2. The van der Waals surface area contributed by atoms with Crippen LogP contribution in [0.3, 0.4) is 0 Å². The van der Waals surface area contributed by atoms with Crippen LogP contribution < -0.4 is 5.32 Å². The van der Waals surface area contributed by atoms with Gasteiger partial charge in [-0.3, -0.25) is 9.59 Å². The molecule has 3 N–H and O–H groups in total. The zero-order valence-corrected chi connectivity index (χ0v) is 27.4. The number of esters is 2. The predicted molar refractivity (Wildman–Crippen MR) is 178 cm³/mol. The lowest BCUT2D eigenvalue weighted by atomic mass is 9.92. The number of ether oxygens (including phenoxy) is 2. The molecule has 1 atom stereocenters. The number of aliphatic imine (C=N–C) groups is 3. The molecule has 0 aliphatic carbocycles. The van der Waals surface area contributed by atoms with Crippen molar-refractivity contribution in [3.05, 3.63) is 104 Å². The third-order valence-electron chi connectivity index (χ3n) is 9.09. The molecule has 0 aromatic heterocycles. The number of hydrogen-bond donors (Lipinski definition) is 3. The molecule has 5 rings (SSSR count). The summed E-state index contributed by atoms with van der Waals surface area (Å²) < 4.78 is 9.85. The maximum Gasteiger partial charge on any atom is 0.305 e. The van der Waals surface area contributed by atoms with Gasteiger partial charge in [-0.1, -0.05) is 6.92 Å². The van der Waals surface area contributed by atoms with Gasteiger partial charge in [-0.05, 0) is 111 Å². The molecule has 10 heteroatoms. The highest BCUT2D eigenvalue weighted by atomic mass is 16.5. The number of hydrogen-bond acceptors (Lipinski definition) is 10. The SMILES string of the molecule is CCC1=C(C)C2=CC3=C(/C=C/O)C(C)(O)C(=CC4=NC(=CC5=NC(=CC1=N2)C(C)=C5CCC(=O)OC)C(CCC(=O)OC)=C4C)N3. The third kappa shape index (κ3) is 5.92. The lowest BCUT2D eigenvalue weighted by Gasteiger charge is -2.20. The molecule has 8 bridgehead atoms. The quantitative estimate of drug-likeness (QED) is 0.227. The first kappa shape index (κ1) is 32.6. The van der Waals surface area contributed by atoms with Crippen LogP contribution in [0.5, 0.6) is 0 Å². The number of nitrogens with zero attached hydrogens (tertiary/aromatic N) is 3. The fourth-order valence-electron chi connectivity index (χ4n) is 6.29. The highest BCUT2D eigenvalue weighted by Crippen LogP contribution is 2.40. The van der Waals surface area contributed by atoms with E-state index in [-0.39, 0.29) is 24.8 Å². The van der Waals surface area contributed by atoms with Crippen molar-refractivity contribution >= 4 is 29.1 Å². The number of nitrogens with one attached hydrogen (secondary N) is 1. The summed E-state index contributed by atoms with van der Waals surface area (Å²) in [6.07, 6.45) is 11.8. The average Bonchev–Trinajstić information content (AvgIpc) is 3.67. The van der Waals surface area contributed by atoms with Crippen molar-refractivity contribution in [2.75, 3.05) is 14.2 Å². The molecule has 5 aliphatic heterocycles. The smallest absolute Gasteiger partial charge is 0.305 e. The Bertz CT molecular complexity index is 1800. The number of fused-ring (bicyclic) bond motifs is 5. The highest BCUT2D eigenvalue weighted by Gasteiger charge is 2.39. The van der Waals surface area contributed by atoms with Gasteiger partial charge in [-0.15, -0.1) is 0 Å². The molecule has 46 heavy (non-hydrogen) atoms. The maximum atomic E-state index is 12.2. The first-order valence-electron chi connectivity index (χ1n) is 15.4.